The van der Waals surface area contributed by atoms with E-state index in [1.54, 1.807) is 0 Å². The van der Waals surface area contributed by atoms with Crippen molar-refractivity contribution < 1.29 is 19.8 Å². The van der Waals surface area contributed by atoms with Crippen molar-refractivity contribution >= 4 is 11.6 Å². The number of ketones is 2. The number of allylic oxidation sites excluding steroid dienone is 7. The normalized spacial score (nSPS) is 17.9. The van der Waals surface area contributed by atoms with Gasteiger partial charge in [-0.05, 0) is 46.5 Å². The SMILES string of the molecule is CC(C)=CCC1=C(O)C(CC=C(C)C)=C(O)C(C(=O)CC(C)C)C1=O. The summed E-state index contributed by atoms with van der Waals surface area (Å²) in [5.41, 5.74) is 2.53. The third-order valence-corrected chi connectivity index (χ3v) is 4.07. The van der Waals surface area contributed by atoms with Crippen LogP contribution in [-0.2, 0) is 9.59 Å². The van der Waals surface area contributed by atoms with Crippen LogP contribution in [0.1, 0.15) is 60.8 Å². The molecule has 0 amide bonds. The molecule has 0 aromatic rings. The van der Waals surface area contributed by atoms with E-state index in [2.05, 4.69) is 0 Å². The number of aliphatic hydroxyl groups is 2. The standard InChI is InChI=1S/C21H30O4/c1-12(2)7-9-15-19(23)16(10-8-13(3)4)21(25)18(20(15)24)17(22)11-14(5)6/h7-8,14,18,23-24H,9-11H2,1-6H3. The Balaban J connectivity index is 3.40. The minimum atomic E-state index is -1.19. The molecule has 138 valence electrons. The van der Waals surface area contributed by atoms with Crippen LogP contribution in [0.25, 0.3) is 0 Å². The molecule has 0 aliphatic heterocycles. The average Bonchev–Trinajstić information content (AvgIpc) is 2.45. The number of hydrogen-bond acceptors (Lipinski definition) is 4. The highest BCUT2D eigenvalue weighted by Gasteiger charge is 2.39. The van der Waals surface area contributed by atoms with Gasteiger partial charge in [-0.25, -0.2) is 0 Å². The molecule has 0 heterocycles. The molecule has 1 aliphatic rings. The molecular formula is C21H30O4. The number of carbonyl (C=O) groups is 2. The zero-order valence-corrected chi connectivity index (χ0v) is 16.1. The lowest BCUT2D eigenvalue weighted by Gasteiger charge is -2.25. The van der Waals surface area contributed by atoms with E-state index >= 15 is 0 Å². The number of aliphatic hydroxyl groups excluding tert-OH is 2. The van der Waals surface area contributed by atoms with Gasteiger partial charge in [-0.3, -0.25) is 9.59 Å². The van der Waals surface area contributed by atoms with E-state index in [1.165, 1.54) is 0 Å². The second kappa shape index (κ2) is 8.84. The summed E-state index contributed by atoms with van der Waals surface area (Å²) in [6, 6.07) is 0. The lowest BCUT2D eigenvalue weighted by Crippen LogP contribution is -2.33. The van der Waals surface area contributed by atoms with E-state index in [0.29, 0.717) is 0 Å². The summed E-state index contributed by atoms with van der Waals surface area (Å²) in [5, 5.41) is 21.1. The van der Waals surface area contributed by atoms with Gasteiger partial charge in [0.05, 0.1) is 0 Å². The number of hydrogen-bond donors (Lipinski definition) is 2. The summed E-state index contributed by atoms with van der Waals surface area (Å²) in [6.45, 7) is 11.4. The Morgan fingerprint density at radius 3 is 1.92 bits per heavy atom. The van der Waals surface area contributed by atoms with Crippen molar-refractivity contribution in [3.8, 4) is 0 Å². The molecule has 0 spiro atoms. The lowest BCUT2D eigenvalue weighted by atomic mass is 9.79. The van der Waals surface area contributed by atoms with Crippen molar-refractivity contribution in [1.29, 1.82) is 0 Å². The van der Waals surface area contributed by atoms with Gasteiger partial charge >= 0.3 is 0 Å². The Hall–Kier alpha value is -2.10. The first-order chi connectivity index (χ1) is 11.6. The van der Waals surface area contributed by atoms with Gasteiger partial charge in [0.2, 0.25) is 0 Å². The van der Waals surface area contributed by atoms with E-state index < -0.39 is 11.7 Å². The van der Waals surface area contributed by atoms with Crippen molar-refractivity contribution in [3.63, 3.8) is 0 Å². The third kappa shape index (κ3) is 5.45. The molecule has 0 aromatic heterocycles. The molecule has 1 atom stereocenters. The Morgan fingerprint density at radius 2 is 1.48 bits per heavy atom. The van der Waals surface area contributed by atoms with E-state index in [1.807, 2.05) is 53.7 Å². The summed E-state index contributed by atoms with van der Waals surface area (Å²) >= 11 is 0. The van der Waals surface area contributed by atoms with Gasteiger partial charge < -0.3 is 10.2 Å². The molecule has 4 nitrogen and oxygen atoms in total. The number of Topliss-reactive ketones (excluding diaryl/α,β-unsaturated/α-hetero) is 2. The minimum Gasteiger partial charge on any atom is -0.511 e. The van der Waals surface area contributed by atoms with Crippen LogP contribution in [0.5, 0.6) is 0 Å². The second-order valence-corrected chi connectivity index (χ2v) is 7.52. The van der Waals surface area contributed by atoms with Gasteiger partial charge in [0.25, 0.3) is 0 Å². The molecule has 0 saturated heterocycles. The van der Waals surface area contributed by atoms with Crippen molar-refractivity contribution in [2.45, 2.75) is 60.8 Å². The van der Waals surface area contributed by atoms with Crippen molar-refractivity contribution in [3.05, 3.63) is 46.0 Å². The molecule has 0 saturated carbocycles. The molecular weight excluding hydrogens is 316 g/mol. The van der Waals surface area contributed by atoms with Gasteiger partial charge in [-0.15, -0.1) is 0 Å². The molecule has 0 bridgehead atoms. The van der Waals surface area contributed by atoms with Gasteiger partial charge in [0, 0.05) is 17.6 Å². The minimum absolute atomic E-state index is 0.0927. The Labute approximate surface area is 150 Å². The predicted molar refractivity (Wildman–Crippen MR) is 100 cm³/mol. The molecule has 2 N–H and O–H groups in total. The first-order valence-corrected chi connectivity index (χ1v) is 8.74. The van der Waals surface area contributed by atoms with Crippen LogP contribution >= 0.6 is 0 Å². The highest BCUT2D eigenvalue weighted by Crippen LogP contribution is 2.35. The highest BCUT2D eigenvalue weighted by atomic mass is 16.3. The van der Waals surface area contributed by atoms with Crippen LogP contribution in [0.3, 0.4) is 0 Å². The zero-order valence-electron chi connectivity index (χ0n) is 16.1. The molecule has 0 aromatic carbocycles. The summed E-state index contributed by atoms with van der Waals surface area (Å²) in [6.07, 6.45) is 4.46. The Kier molecular flexibility index (Phi) is 7.40. The fraction of sp³-hybridized carbons (Fsp3) is 0.524. The van der Waals surface area contributed by atoms with Gasteiger partial charge in [0.1, 0.15) is 17.4 Å². The Bertz CT molecular complexity index is 664. The molecule has 0 fully saturated rings. The summed E-state index contributed by atoms with van der Waals surface area (Å²) < 4.78 is 0. The van der Waals surface area contributed by atoms with Crippen LogP contribution < -0.4 is 0 Å². The van der Waals surface area contributed by atoms with Crippen LogP contribution in [0, 0.1) is 11.8 Å². The maximum absolute atomic E-state index is 12.8. The van der Waals surface area contributed by atoms with E-state index in [-0.39, 0.29) is 53.6 Å². The topological polar surface area (TPSA) is 74.6 Å². The quantitative estimate of drug-likeness (QED) is 0.494. The molecule has 1 unspecified atom stereocenters. The van der Waals surface area contributed by atoms with Gasteiger partial charge in [-0.1, -0.05) is 37.1 Å². The second-order valence-electron chi connectivity index (χ2n) is 7.52. The van der Waals surface area contributed by atoms with Crippen molar-refractivity contribution in [2.75, 3.05) is 0 Å². The molecule has 1 rings (SSSR count). The molecule has 1 aliphatic carbocycles. The monoisotopic (exact) mass is 346 g/mol. The van der Waals surface area contributed by atoms with E-state index in [4.69, 9.17) is 0 Å². The highest BCUT2D eigenvalue weighted by molar-refractivity contribution is 6.14. The van der Waals surface area contributed by atoms with Crippen molar-refractivity contribution in [2.24, 2.45) is 11.8 Å². The molecule has 0 radical (unpaired) electrons. The smallest absolute Gasteiger partial charge is 0.180 e. The summed E-state index contributed by atoms with van der Waals surface area (Å²) in [5.74, 6) is -2.37. The fourth-order valence-corrected chi connectivity index (χ4v) is 2.72. The molecule has 4 heteroatoms. The maximum Gasteiger partial charge on any atom is 0.180 e. The van der Waals surface area contributed by atoms with Crippen LogP contribution in [0.2, 0.25) is 0 Å². The zero-order chi connectivity index (χ0) is 19.3. The average molecular weight is 346 g/mol. The van der Waals surface area contributed by atoms with Gasteiger partial charge in [0.15, 0.2) is 11.6 Å². The van der Waals surface area contributed by atoms with Crippen LogP contribution in [0.15, 0.2) is 46.0 Å². The summed E-state index contributed by atoms with van der Waals surface area (Å²) in [4.78, 5) is 25.3. The predicted octanol–water partition coefficient (Wildman–Crippen LogP) is 5.14. The van der Waals surface area contributed by atoms with Crippen molar-refractivity contribution in [1.82, 2.24) is 0 Å². The van der Waals surface area contributed by atoms with Crippen LogP contribution in [0.4, 0.5) is 0 Å². The Morgan fingerprint density at radius 1 is 1.00 bits per heavy atom. The first kappa shape index (κ1) is 20.9. The number of carbonyl (C=O) groups excluding carboxylic acids is 2. The molecule has 25 heavy (non-hydrogen) atoms. The largest absolute Gasteiger partial charge is 0.511 e. The fourth-order valence-electron chi connectivity index (χ4n) is 2.72. The van der Waals surface area contributed by atoms with E-state index in [9.17, 15) is 19.8 Å². The number of rotatable bonds is 7. The summed E-state index contributed by atoms with van der Waals surface area (Å²) in [7, 11) is 0. The van der Waals surface area contributed by atoms with Crippen LogP contribution in [-0.4, -0.2) is 21.8 Å². The van der Waals surface area contributed by atoms with E-state index in [0.717, 1.165) is 11.1 Å². The first-order valence-electron chi connectivity index (χ1n) is 8.74. The maximum atomic E-state index is 12.8. The lowest BCUT2D eigenvalue weighted by molar-refractivity contribution is -0.131. The third-order valence-electron chi connectivity index (χ3n) is 4.07. The van der Waals surface area contributed by atoms with Gasteiger partial charge in [-0.2, -0.15) is 0 Å².